The Labute approximate surface area is 184 Å². The van der Waals surface area contributed by atoms with E-state index in [0.717, 1.165) is 54.8 Å². The fourth-order valence-corrected chi connectivity index (χ4v) is 6.72. The van der Waals surface area contributed by atoms with E-state index in [2.05, 4.69) is 9.71 Å². The van der Waals surface area contributed by atoms with Crippen molar-refractivity contribution in [1.29, 1.82) is 0 Å². The Morgan fingerprint density at radius 1 is 1.23 bits per heavy atom. The van der Waals surface area contributed by atoms with Gasteiger partial charge in [0.05, 0.1) is 5.69 Å². The molecule has 3 heterocycles. The average molecular weight is 462 g/mol. The molecule has 0 aliphatic carbocycles. The molecule has 0 radical (unpaired) electrons. The molecule has 0 bridgehead atoms. The highest BCUT2D eigenvalue weighted by Gasteiger charge is 2.25. The first-order valence-electron chi connectivity index (χ1n) is 9.85. The van der Waals surface area contributed by atoms with Crippen LogP contribution in [-0.4, -0.2) is 37.3 Å². The number of sulfonamides is 1. The highest BCUT2D eigenvalue weighted by Crippen LogP contribution is 2.34. The number of rotatable bonds is 6. The standard InChI is InChI=1S/C21H23N3O3S3/c1-3-15-7-6-8-17(11-15)23-30(26,27)18-12-16(13-28-18)20-22-14(2)19(29-20)21(25)24-9-4-5-10-24/h6-8,11-13,23H,3-5,9-10H2,1-2H3. The van der Waals surface area contributed by atoms with E-state index in [4.69, 9.17) is 0 Å². The van der Waals surface area contributed by atoms with Gasteiger partial charge in [-0.05, 0) is 49.9 Å². The number of carbonyl (C=O) groups excluding carboxylic acids is 1. The Balaban J connectivity index is 1.56. The van der Waals surface area contributed by atoms with Crippen LogP contribution in [0.3, 0.4) is 0 Å². The summed E-state index contributed by atoms with van der Waals surface area (Å²) in [6.45, 7) is 5.43. The number of likely N-dealkylation sites (tertiary alicyclic amines) is 1. The number of benzene rings is 1. The molecule has 0 unspecified atom stereocenters. The smallest absolute Gasteiger partial charge is 0.271 e. The van der Waals surface area contributed by atoms with Crippen LogP contribution in [0.4, 0.5) is 5.69 Å². The lowest BCUT2D eigenvalue weighted by Crippen LogP contribution is -2.27. The highest BCUT2D eigenvalue weighted by molar-refractivity contribution is 7.94. The number of thiazole rings is 1. The van der Waals surface area contributed by atoms with Crippen LogP contribution in [0.1, 0.15) is 40.7 Å². The zero-order valence-electron chi connectivity index (χ0n) is 16.8. The number of anilines is 1. The third kappa shape index (κ3) is 4.28. The molecule has 1 amide bonds. The van der Waals surface area contributed by atoms with Gasteiger partial charge in [0.1, 0.15) is 14.1 Å². The summed E-state index contributed by atoms with van der Waals surface area (Å²) in [5, 5.41) is 2.44. The Morgan fingerprint density at radius 3 is 2.73 bits per heavy atom. The maximum Gasteiger partial charge on any atom is 0.271 e. The van der Waals surface area contributed by atoms with Gasteiger partial charge in [-0.15, -0.1) is 22.7 Å². The molecule has 9 heteroatoms. The van der Waals surface area contributed by atoms with Gasteiger partial charge in [0.25, 0.3) is 15.9 Å². The number of amides is 1. The van der Waals surface area contributed by atoms with Crippen molar-refractivity contribution >= 4 is 44.3 Å². The summed E-state index contributed by atoms with van der Waals surface area (Å²) in [7, 11) is -3.69. The number of hydrogen-bond donors (Lipinski definition) is 1. The van der Waals surface area contributed by atoms with Crippen LogP contribution in [0.2, 0.25) is 0 Å². The molecule has 1 saturated heterocycles. The van der Waals surface area contributed by atoms with Crippen molar-refractivity contribution < 1.29 is 13.2 Å². The number of aryl methyl sites for hydroxylation is 2. The van der Waals surface area contributed by atoms with E-state index in [1.165, 1.54) is 11.3 Å². The number of aromatic nitrogens is 1. The Bertz CT molecular complexity index is 1180. The summed E-state index contributed by atoms with van der Waals surface area (Å²) in [5.41, 5.74) is 3.02. The van der Waals surface area contributed by atoms with E-state index in [9.17, 15) is 13.2 Å². The van der Waals surface area contributed by atoms with E-state index in [-0.39, 0.29) is 10.1 Å². The van der Waals surface area contributed by atoms with Crippen LogP contribution < -0.4 is 4.72 Å². The summed E-state index contributed by atoms with van der Waals surface area (Å²) >= 11 is 2.48. The number of hydrogen-bond acceptors (Lipinski definition) is 6. The first-order chi connectivity index (χ1) is 14.4. The SMILES string of the molecule is CCc1cccc(NS(=O)(=O)c2cc(-c3nc(C)c(C(=O)N4CCCC4)s3)cs2)c1. The molecule has 6 nitrogen and oxygen atoms in total. The second kappa shape index (κ2) is 8.49. The molecule has 1 fully saturated rings. The van der Waals surface area contributed by atoms with Gasteiger partial charge < -0.3 is 4.90 Å². The van der Waals surface area contributed by atoms with Crippen molar-refractivity contribution in [2.24, 2.45) is 0 Å². The lowest BCUT2D eigenvalue weighted by molar-refractivity contribution is 0.0796. The Hall–Kier alpha value is -2.23. The fourth-order valence-electron chi connectivity index (χ4n) is 3.41. The van der Waals surface area contributed by atoms with Gasteiger partial charge in [-0.25, -0.2) is 13.4 Å². The van der Waals surface area contributed by atoms with Crippen molar-refractivity contribution in [3.05, 3.63) is 51.8 Å². The van der Waals surface area contributed by atoms with Crippen molar-refractivity contribution in [3.8, 4) is 10.6 Å². The van der Waals surface area contributed by atoms with E-state index < -0.39 is 10.0 Å². The highest BCUT2D eigenvalue weighted by atomic mass is 32.2. The van der Waals surface area contributed by atoms with E-state index >= 15 is 0 Å². The molecule has 30 heavy (non-hydrogen) atoms. The van der Waals surface area contributed by atoms with Gasteiger partial charge in [-0.3, -0.25) is 9.52 Å². The van der Waals surface area contributed by atoms with Crippen LogP contribution in [0.5, 0.6) is 0 Å². The van der Waals surface area contributed by atoms with Crippen LogP contribution in [0.25, 0.3) is 10.6 Å². The summed E-state index contributed by atoms with van der Waals surface area (Å²) < 4.78 is 28.5. The van der Waals surface area contributed by atoms with Crippen molar-refractivity contribution in [3.63, 3.8) is 0 Å². The zero-order chi connectivity index (χ0) is 21.3. The minimum atomic E-state index is -3.69. The van der Waals surface area contributed by atoms with Crippen LogP contribution in [0, 0.1) is 6.92 Å². The van der Waals surface area contributed by atoms with Gasteiger partial charge in [0.15, 0.2) is 0 Å². The molecular weight excluding hydrogens is 438 g/mol. The molecule has 2 aromatic heterocycles. The number of carbonyl (C=O) groups is 1. The summed E-state index contributed by atoms with van der Waals surface area (Å²) in [6.07, 6.45) is 2.91. The van der Waals surface area contributed by atoms with Crippen molar-refractivity contribution in [2.45, 2.75) is 37.3 Å². The molecule has 1 aromatic carbocycles. The molecule has 158 valence electrons. The summed E-state index contributed by atoms with van der Waals surface area (Å²) in [6, 6.07) is 9.01. The minimum Gasteiger partial charge on any atom is -0.338 e. The van der Waals surface area contributed by atoms with Crippen LogP contribution in [0.15, 0.2) is 39.9 Å². The van der Waals surface area contributed by atoms with Gasteiger partial charge in [0.2, 0.25) is 0 Å². The van der Waals surface area contributed by atoms with Gasteiger partial charge in [0, 0.05) is 29.7 Å². The molecular formula is C21H23N3O3S3. The first kappa shape index (κ1) is 21.0. The number of nitrogens with zero attached hydrogens (tertiary/aromatic N) is 2. The van der Waals surface area contributed by atoms with Crippen LogP contribution >= 0.6 is 22.7 Å². The minimum absolute atomic E-state index is 0.0225. The predicted octanol–water partition coefficient (Wildman–Crippen LogP) is 4.78. The van der Waals surface area contributed by atoms with Crippen LogP contribution in [-0.2, 0) is 16.4 Å². The Morgan fingerprint density at radius 2 is 2.00 bits per heavy atom. The van der Waals surface area contributed by atoms with Gasteiger partial charge in [-0.2, -0.15) is 0 Å². The Kier molecular flexibility index (Phi) is 5.95. The van der Waals surface area contributed by atoms with Gasteiger partial charge >= 0.3 is 0 Å². The molecule has 0 saturated carbocycles. The maximum atomic E-state index is 12.8. The third-order valence-corrected chi connectivity index (χ3v) is 9.07. The molecule has 1 aliphatic rings. The fraction of sp³-hybridized carbons (Fsp3) is 0.333. The summed E-state index contributed by atoms with van der Waals surface area (Å²) in [5.74, 6) is 0.0225. The maximum absolute atomic E-state index is 12.8. The number of thiophene rings is 1. The molecule has 1 N–H and O–H groups in total. The number of nitrogens with one attached hydrogen (secondary N) is 1. The monoisotopic (exact) mass is 461 g/mol. The quantitative estimate of drug-likeness (QED) is 0.573. The second-order valence-electron chi connectivity index (χ2n) is 7.25. The van der Waals surface area contributed by atoms with Gasteiger partial charge in [-0.1, -0.05) is 19.1 Å². The molecule has 4 rings (SSSR count). The first-order valence-corrected chi connectivity index (χ1v) is 13.0. The normalized spacial score (nSPS) is 14.3. The lowest BCUT2D eigenvalue weighted by atomic mass is 10.1. The largest absolute Gasteiger partial charge is 0.338 e. The predicted molar refractivity (Wildman–Crippen MR) is 122 cm³/mol. The second-order valence-corrected chi connectivity index (χ2v) is 11.1. The van der Waals surface area contributed by atoms with E-state index in [1.54, 1.807) is 17.5 Å². The summed E-state index contributed by atoms with van der Waals surface area (Å²) in [4.78, 5) is 19.8. The molecule has 0 atom stereocenters. The van der Waals surface area contributed by atoms with Crippen molar-refractivity contribution in [2.75, 3.05) is 17.8 Å². The lowest BCUT2D eigenvalue weighted by Gasteiger charge is -2.13. The zero-order valence-corrected chi connectivity index (χ0v) is 19.3. The topological polar surface area (TPSA) is 79.4 Å². The van der Waals surface area contributed by atoms with E-state index in [1.807, 2.05) is 36.9 Å². The average Bonchev–Trinajstić information content (AvgIpc) is 3.47. The molecule has 1 aliphatic heterocycles. The molecule has 0 spiro atoms. The molecule has 3 aromatic rings. The van der Waals surface area contributed by atoms with E-state index in [0.29, 0.717) is 21.3 Å². The van der Waals surface area contributed by atoms with Crippen molar-refractivity contribution in [1.82, 2.24) is 9.88 Å². The third-order valence-electron chi connectivity index (χ3n) is 5.06.